The predicted octanol–water partition coefficient (Wildman–Crippen LogP) is 3.05. The molecule has 6 nitrogen and oxygen atoms in total. The summed E-state index contributed by atoms with van der Waals surface area (Å²) in [6.45, 7) is 3.01. The van der Waals surface area contributed by atoms with Crippen LogP contribution in [0, 0.1) is 0 Å². The van der Waals surface area contributed by atoms with E-state index >= 15 is 0 Å². The summed E-state index contributed by atoms with van der Waals surface area (Å²) in [6, 6.07) is 9.63. The molecular formula is C19H17N3O3. The van der Waals surface area contributed by atoms with Crippen LogP contribution in [0.15, 0.2) is 36.7 Å². The lowest BCUT2D eigenvalue weighted by Gasteiger charge is -2.35. The number of nitrogens with one attached hydrogen (secondary N) is 1. The zero-order valence-electron chi connectivity index (χ0n) is 13.8. The molecule has 0 saturated heterocycles. The fourth-order valence-corrected chi connectivity index (χ4v) is 3.72. The molecule has 2 aliphatic rings. The first-order valence-corrected chi connectivity index (χ1v) is 8.37. The third-order valence-corrected chi connectivity index (χ3v) is 5.10. The van der Waals surface area contributed by atoms with Crippen molar-refractivity contribution in [2.75, 3.05) is 13.3 Å². The van der Waals surface area contributed by atoms with E-state index in [1.54, 1.807) is 6.33 Å². The van der Waals surface area contributed by atoms with E-state index in [0.29, 0.717) is 12.1 Å². The number of aromatic nitrogens is 2. The van der Waals surface area contributed by atoms with Crippen molar-refractivity contribution >= 4 is 16.9 Å². The van der Waals surface area contributed by atoms with E-state index in [4.69, 9.17) is 9.47 Å². The van der Waals surface area contributed by atoms with Gasteiger partial charge in [-0.1, -0.05) is 0 Å². The van der Waals surface area contributed by atoms with E-state index in [-0.39, 0.29) is 18.7 Å². The van der Waals surface area contributed by atoms with Gasteiger partial charge in [0.2, 0.25) is 6.79 Å². The fraction of sp³-hybridized carbons (Fsp3) is 0.263. The van der Waals surface area contributed by atoms with Crippen LogP contribution < -0.4 is 9.47 Å². The number of H-pyrrole nitrogens is 1. The molecule has 5 rings (SSSR count). The molecule has 1 aromatic heterocycles. The topological polar surface area (TPSA) is 67.5 Å². The number of fused-ring (bicyclic) bond motifs is 3. The SMILES string of the molecule is CC1c2cc3c(cc2CCN1C(=O)c1ccc2nc[nH]c2c1)OCO3. The van der Waals surface area contributed by atoms with Crippen molar-refractivity contribution in [3.63, 3.8) is 0 Å². The van der Waals surface area contributed by atoms with E-state index in [9.17, 15) is 4.79 Å². The van der Waals surface area contributed by atoms with Crippen LogP contribution in [0.1, 0.15) is 34.5 Å². The number of carbonyl (C=O) groups excluding carboxylic acids is 1. The lowest BCUT2D eigenvalue weighted by molar-refractivity contribution is 0.0677. The normalized spacial score (nSPS) is 18.4. The van der Waals surface area contributed by atoms with Crippen LogP contribution >= 0.6 is 0 Å². The summed E-state index contributed by atoms with van der Waals surface area (Å²) in [6.07, 6.45) is 2.45. The van der Waals surface area contributed by atoms with Crippen LogP contribution in [0.2, 0.25) is 0 Å². The molecule has 0 fully saturated rings. The van der Waals surface area contributed by atoms with Crippen LogP contribution in [0.3, 0.4) is 0 Å². The van der Waals surface area contributed by atoms with Crippen molar-refractivity contribution in [3.05, 3.63) is 53.3 Å². The Bertz CT molecular complexity index is 995. The summed E-state index contributed by atoms with van der Waals surface area (Å²) in [7, 11) is 0. The zero-order chi connectivity index (χ0) is 17.0. The van der Waals surface area contributed by atoms with Gasteiger partial charge in [-0.05, 0) is 54.8 Å². The Kier molecular flexibility index (Phi) is 3.00. The van der Waals surface area contributed by atoms with Gasteiger partial charge < -0.3 is 19.4 Å². The minimum Gasteiger partial charge on any atom is -0.454 e. The van der Waals surface area contributed by atoms with Crippen molar-refractivity contribution in [1.29, 1.82) is 0 Å². The number of amides is 1. The Labute approximate surface area is 144 Å². The van der Waals surface area contributed by atoms with Gasteiger partial charge >= 0.3 is 0 Å². The van der Waals surface area contributed by atoms with Crippen molar-refractivity contribution in [1.82, 2.24) is 14.9 Å². The monoisotopic (exact) mass is 335 g/mol. The molecule has 0 aliphatic carbocycles. The van der Waals surface area contributed by atoms with Crippen LogP contribution in [0.4, 0.5) is 0 Å². The summed E-state index contributed by atoms with van der Waals surface area (Å²) in [5.74, 6) is 1.60. The molecular weight excluding hydrogens is 318 g/mol. The van der Waals surface area contributed by atoms with E-state index in [1.807, 2.05) is 35.2 Å². The molecule has 0 spiro atoms. The van der Waals surface area contributed by atoms with Gasteiger partial charge in [0.25, 0.3) is 5.91 Å². The molecule has 2 aliphatic heterocycles. The van der Waals surface area contributed by atoms with Gasteiger partial charge in [0.1, 0.15) is 0 Å². The van der Waals surface area contributed by atoms with Gasteiger partial charge in [-0.25, -0.2) is 4.98 Å². The molecule has 25 heavy (non-hydrogen) atoms. The maximum absolute atomic E-state index is 13.1. The first kappa shape index (κ1) is 14.3. The third kappa shape index (κ3) is 2.17. The van der Waals surface area contributed by atoms with Crippen molar-refractivity contribution in [3.8, 4) is 11.5 Å². The number of aromatic amines is 1. The molecule has 3 heterocycles. The number of rotatable bonds is 1. The average Bonchev–Trinajstić information content (AvgIpc) is 3.28. The van der Waals surface area contributed by atoms with E-state index in [1.165, 1.54) is 5.56 Å². The highest BCUT2D eigenvalue weighted by molar-refractivity contribution is 5.97. The molecule has 1 N–H and O–H groups in total. The summed E-state index contributed by atoms with van der Waals surface area (Å²) in [4.78, 5) is 22.2. The van der Waals surface area contributed by atoms with Gasteiger partial charge in [-0.2, -0.15) is 0 Å². The maximum Gasteiger partial charge on any atom is 0.254 e. The van der Waals surface area contributed by atoms with E-state index in [0.717, 1.165) is 34.5 Å². The Morgan fingerprint density at radius 1 is 1.24 bits per heavy atom. The number of ether oxygens (including phenoxy) is 2. The fourth-order valence-electron chi connectivity index (χ4n) is 3.72. The highest BCUT2D eigenvalue weighted by Gasteiger charge is 2.30. The Hall–Kier alpha value is -3.02. The van der Waals surface area contributed by atoms with Crippen LogP contribution in [0.5, 0.6) is 11.5 Å². The Morgan fingerprint density at radius 3 is 2.96 bits per heavy atom. The second-order valence-corrected chi connectivity index (χ2v) is 6.46. The average molecular weight is 335 g/mol. The number of imidazole rings is 1. The number of benzene rings is 2. The molecule has 3 aromatic rings. The minimum absolute atomic E-state index is 0.0109. The smallest absolute Gasteiger partial charge is 0.254 e. The molecule has 6 heteroatoms. The van der Waals surface area contributed by atoms with E-state index in [2.05, 4.69) is 16.9 Å². The lowest BCUT2D eigenvalue weighted by Crippen LogP contribution is -2.38. The Balaban J connectivity index is 1.49. The summed E-state index contributed by atoms with van der Waals surface area (Å²) in [5.41, 5.74) is 4.77. The van der Waals surface area contributed by atoms with Gasteiger partial charge in [0.15, 0.2) is 11.5 Å². The Morgan fingerprint density at radius 2 is 2.08 bits per heavy atom. The second kappa shape index (κ2) is 5.24. The second-order valence-electron chi connectivity index (χ2n) is 6.46. The molecule has 0 radical (unpaired) electrons. The first-order valence-electron chi connectivity index (χ1n) is 8.37. The van der Waals surface area contributed by atoms with Crippen LogP contribution in [-0.4, -0.2) is 34.1 Å². The van der Waals surface area contributed by atoms with Crippen LogP contribution in [-0.2, 0) is 6.42 Å². The van der Waals surface area contributed by atoms with Gasteiger partial charge in [-0.3, -0.25) is 4.79 Å². The maximum atomic E-state index is 13.1. The number of hydrogen-bond acceptors (Lipinski definition) is 4. The quantitative estimate of drug-likeness (QED) is 0.742. The van der Waals surface area contributed by atoms with Crippen LogP contribution in [0.25, 0.3) is 11.0 Å². The van der Waals surface area contributed by atoms with Gasteiger partial charge in [0.05, 0.1) is 23.4 Å². The molecule has 0 saturated carbocycles. The lowest BCUT2D eigenvalue weighted by atomic mass is 9.92. The summed E-state index contributed by atoms with van der Waals surface area (Å²) in [5, 5.41) is 0. The highest BCUT2D eigenvalue weighted by Crippen LogP contribution is 2.40. The molecule has 1 amide bonds. The largest absolute Gasteiger partial charge is 0.454 e. The number of nitrogens with zero attached hydrogens (tertiary/aromatic N) is 2. The van der Waals surface area contributed by atoms with Gasteiger partial charge in [-0.15, -0.1) is 0 Å². The number of hydrogen-bond donors (Lipinski definition) is 1. The standard InChI is InChI=1S/C19H17N3O3/c1-11-14-8-18-17(24-10-25-18)7-12(14)4-5-22(11)19(23)13-2-3-15-16(6-13)21-9-20-15/h2-3,6-9,11H,4-5,10H2,1H3,(H,20,21). The van der Waals surface area contributed by atoms with Crippen molar-refractivity contribution in [2.24, 2.45) is 0 Å². The minimum atomic E-state index is -0.0109. The highest BCUT2D eigenvalue weighted by atomic mass is 16.7. The molecule has 1 unspecified atom stereocenters. The van der Waals surface area contributed by atoms with Gasteiger partial charge in [0, 0.05) is 12.1 Å². The third-order valence-electron chi connectivity index (χ3n) is 5.10. The first-order chi connectivity index (χ1) is 12.2. The summed E-state index contributed by atoms with van der Waals surface area (Å²) < 4.78 is 11.0. The van der Waals surface area contributed by atoms with Crippen molar-refractivity contribution in [2.45, 2.75) is 19.4 Å². The van der Waals surface area contributed by atoms with Crippen molar-refractivity contribution < 1.29 is 14.3 Å². The van der Waals surface area contributed by atoms with E-state index < -0.39 is 0 Å². The molecule has 2 aromatic carbocycles. The molecule has 0 bridgehead atoms. The molecule has 126 valence electrons. The predicted molar refractivity (Wildman–Crippen MR) is 91.8 cm³/mol. The zero-order valence-corrected chi connectivity index (χ0v) is 13.8. The molecule has 1 atom stereocenters. The number of carbonyl (C=O) groups is 1. The summed E-state index contributed by atoms with van der Waals surface area (Å²) >= 11 is 0.